The molecule has 1 aliphatic carbocycles. The quantitative estimate of drug-likeness (QED) is 0.795. The van der Waals surface area contributed by atoms with Crippen molar-refractivity contribution < 1.29 is 19.0 Å². The fourth-order valence-electron chi connectivity index (χ4n) is 2.67. The van der Waals surface area contributed by atoms with E-state index in [2.05, 4.69) is 10.6 Å². The average Bonchev–Trinajstić information content (AvgIpc) is 2.33. The number of benzene rings is 1. The van der Waals surface area contributed by atoms with Gasteiger partial charge < -0.3 is 20.5 Å². The highest BCUT2D eigenvalue weighted by Gasteiger charge is 2.32. The van der Waals surface area contributed by atoms with Crippen LogP contribution in [0.1, 0.15) is 52.1 Å². The third kappa shape index (κ3) is 5.10. The number of carbonyl (C=O) groups excluding carboxylic acids is 1. The number of ether oxygens (including phenoxy) is 1. The summed E-state index contributed by atoms with van der Waals surface area (Å²) in [5, 5.41) is 16.0. The highest BCUT2D eigenvalue weighted by atomic mass is 19.1. The Morgan fingerprint density at radius 3 is 2.57 bits per heavy atom. The molecule has 1 aromatic carbocycles. The van der Waals surface area contributed by atoms with Gasteiger partial charge in [0.05, 0.1) is 0 Å². The highest BCUT2D eigenvalue weighted by molar-refractivity contribution is 5.68. The molecule has 0 radical (unpaired) electrons. The number of hydrogen-bond acceptors (Lipinski definition) is 4. The second-order valence-electron chi connectivity index (χ2n) is 7.10. The van der Waals surface area contributed by atoms with Crippen molar-refractivity contribution in [3.05, 3.63) is 29.6 Å². The van der Waals surface area contributed by atoms with Crippen LogP contribution in [0.5, 0.6) is 5.75 Å². The van der Waals surface area contributed by atoms with E-state index in [-0.39, 0.29) is 23.9 Å². The minimum atomic E-state index is -0.500. The molecule has 1 unspecified atom stereocenters. The lowest BCUT2D eigenvalue weighted by Crippen LogP contribution is -2.53. The maximum atomic E-state index is 13.0. The summed E-state index contributed by atoms with van der Waals surface area (Å²) in [5.41, 5.74) is 0.162. The van der Waals surface area contributed by atoms with E-state index in [1.165, 1.54) is 6.07 Å². The van der Waals surface area contributed by atoms with Crippen molar-refractivity contribution in [3.8, 4) is 5.75 Å². The average molecular weight is 324 g/mol. The summed E-state index contributed by atoms with van der Waals surface area (Å²) in [6, 6.07) is 4.27. The lowest BCUT2D eigenvalue weighted by atomic mass is 9.86. The lowest BCUT2D eigenvalue weighted by molar-refractivity contribution is 0.0463. The number of phenols is 1. The molecule has 0 bridgehead atoms. The number of rotatable bonds is 4. The normalized spacial score (nSPS) is 22.1. The second-order valence-corrected chi connectivity index (χ2v) is 7.10. The number of aromatic hydroxyl groups is 1. The molecule has 0 saturated heterocycles. The van der Waals surface area contributed by atoms with E-state index in [0.717, 1.165) is 18.9 Å². The molecular formula is C17H25FN2O3. The first-order valence-corrected chi connectivity index (χ1v) is 7.88. The predicted molar refractivity (Wildman–Crippen MR) is 85.8 cm³/mol. The van der Waals surface area contributed by atoms with Crippen LogP contribution in [-0.4, -0.2) is 28.9 Å². The first-order valence-electron chi connectivity index (χ1n) is 7.88. The Bertz CT molecular complexity index is 565. The highest BCUT2D eigenvalue weighted by Crippen LogP contribution is 2.28. The van der Waals surface area contributed by atoms with Crippen molar-refractivity contribution in [3.63, 3.8) is 0 Å². The van der Waals surface area contributed by atoms with Gasteiger partial charge in [-0.1, -0.05) is 6.07 Å². The molecular weight excluding hydrogens is 299 g/mol. The van der Waals surface area contributed by atoms with Crippen LogP contribution < -0.4 is 10.6 Å². The van der Waals surface area contributed by atoms with Gasteiger partial charge in [0.15, 0.2) is 0 Å². The van der Waals surface area contributed by atoms with Gasteiger partial charge in [0.25, 0.3) is 0 Å². The summed E-state index contributed by atoms with van der Waals surface area (Å²) in [4.78, 5) is 11.7. The van der Waals surface area contributed by atoms with Gasteiger partial charge in [-0.2, -0.15) is 0 Å². The Kier molecular flexibility index (Phi) is 5.14. The molecule has 1 fully saturated rings. The van der Waals surface area contributed by atoms with Crippen LogP contribution in [0.4, 0.5) is 9.18 Å². The van der Waals surface area contributed by atoms with Gasteiger partial charge in [0.2, 0.25) is 0 Å². The van der Waals surface area contributed by atoms with Crippen LogP contribution in [0.15, 0.2) is 18.2 Å². The molecule has 23 heavy (non-hydrogen) atoms. The van der Waals surface area contributed by atoms with Crippen molar-refractivity contribution in [2.24, 2.45) is 0 Å². The largest absolute Gasteiger partial charge is 0.508 e. The molecule has 0 spiro atoms. The molecule has 1 aliphatic rings. The monoisotopic (exact) mass is 324 g/mol. The van der Waals surface area contributed by atoms with Gasteiger partial charge in [-0.3, -0.25) is 0 Å². The molecule has 3 N–H and O–H groups in total. The van der Waals surface area contributed by atoms with E-state index in [9.17, 15) is 14.3 Å². The molecule has 1 atom stereocenters. The molecule has 128 valence electrons. The summed E-state index contributed by atoms with van der Waals surface area (Å²) >= 11 is 0. The fourth-order valence-corrected chi connectivity index (χ4v) is 2.67. The summed E-state index contributed by atoms with van der Waals surface area (Å²) in [6.45, 7) is 7.40. The first-order chi connectivity index (χ1) is 10.6. The van der Waals surface area contributed by atoms with Crippen LogP contribution >= 0.6 is 0 Å². The lowest BCUT2D eigenvalue weighted by Gasteiger charge is -2.38. The van der Waals surface area contributed by atoms with Crippen molar-refractivity contribution in [2.75, 3.05) is 0 Å². The van der Waals surface area contributed by atoms with Crippen molar-refractivity contribution >= 4 is 6.09 Å². The number of alkyl carbamates (subject to hydrolysis) is 1. The van der Waals surface area contributed by atoms with E-state index in [1.54, 1.807) is 6.07 Å². The van der Waals surface area contributed by atoms with E-state index in [1.807, 2.05) is 27.7 Å². The third-order valence-corrected chi connectivity index (χ3v) is 3.80. The van der Waals surface area contributed by atoms with Crippen LogP contribution in [-0.2, 0) is 4.74 Å². The number of nitrogens with one attached hydrogen (secondary N) is 2. The predicted octanol–water partition coefficient (Wildman–Crippen LogP) is 3.24. The molecule has 2 rings (SSSR count). The summed E-state index contributed by atoms with van der Waals surface area (Å²) in [6.07, 6.45) is 1.20. The number of hydrogen-bond donors (Lipinski definition) is 3. The molecule has 1 amide bonds. The summed E-state index contributed by atoms with van der Waals surface area (Å²) < 4.78 is 18.2. The number of carbonyl (C=O) groups is 1. The van der Waals surface area contributed by atoms with E-state index >= 15 is 0 Å². The van der Waals surface area contributed by atoms with E-state index < -0.39 is 17.5 Å². The van der Waals surface area contributed by atoms with Crippen LogP contribution in [0.2, 0.25) is 0 Å². The zero-order valence-electron chi connectivity index (χ0n) is 14.0. The van der Waals surface area contributed by atoms with Gasteiger partial charge in [-0.05, 0) is 46.6 Å². The van der Waals surface area contributed by atoms with Crippen LogP contribution in [0.3, 0.4) is 0 Å². The molecule has 0 aliphatic heterocycles. The standard InChI is InChI=1S/C17H25FN2O3/c1-10(14-6-5-11(18)7-15(14)21)19-12-8-13(9-12)20-16(22)23-17(2,3)4/h5-7,10,12-13,19,21H,8-9H2,1-4H3,(H,20,22). The zero-order chi connectivity index (χ0) is 17.2. The SMILES string of the molecule is CC(NC1CC(NC(=O)OC(C)(C)C)C1)c1ccc(F)cc1O. The van der Waals surface area contributed by atoms with Gasteiger partial charge in [0, 0.05) is 29.8 Å². The summed E-state index contributed by atoms with van der Waals surface area (Å²) in [7, 11) is 0. The Balaban J connectivity index is 1.76. The fraction of sp³-hybridized carbons (Fsp3) is 0.588. The molecule has 0 aromatic heterocycles. The Morgan fingerprint density at radius 2 is 2.00 bits per heavy atom. The molecule has 5 nitrogen and oxygen atoms in total. The Morgan fingerprint density at radius 1 is 1.35 bits per heavy atom. The first kappa shape index (κ1) is 17.5. The Hall–Kier alpha value is -1.82. The summed E-state index contributed by atoms with van der Waals surface area (Å²) in [5.74, 6) is -0.503. The van der Waals surface area contributed by atoms with Gasteiger partial charge in [-0.25, -0.2) is 9.18 Å². The van der Waals surface area contributed by atoms with Gasteiger partial charge in [0.1, 0.15) is 17.2 Å². The van der Waals surface area contributed by atoms with Crippen molar-refractivity contribution in [1.82, 2.24) is 10.6 Å². The van der Waals surface area contributed by atoms with Crippen molar-refractivity contribution in [2.45, 2.75) is 64.3 Å². The topological polar surface area (TPSA) is 70.6 Å². The number of halogens is 1. The third-order valence-electron chi connectivity index (χ3n) is 3.80. The molecule has 1 aromatic rings. The number of phenolic OH excluding ortho intramolecular Hbond substituents is 1. The van der Waals surface area contributed by atoms with Crippen LogP contribution in [0.25, 0.3) is 0 Å². The van der Waals surface area contributed by atoms with E-state index in [0.29, 0.717) is 5.56 Å². The maximum absolute atomic E-state index is 13.0. The Labute approximate surface area is 136 Å². The molecule has 0 heterocycles. The van der Waals surface area contributed by atoms with Gasteiger partial charge >= 0.3 is 6.09 Å². The zero-order valence-corrected chi connectivity index (χ0v) is 14.0. The van der Waals surface area contributed by atoms with Crippen LogP contribution in [0, 0.1) is 5.82 Å². The minimum Gasteiger partial charge on any atom is -0.508 e. The van der Waals surface area contributed by atoms with Crippen molar-refractivity contribution in [1.29, 1.82) is 0 Å². The second kappa shape index (κ2) is 6.74. The van der Waals surface area contributed by atoms with Gasteiger partial charge in [-0.15, -0.1) is 0 Å². The maximum Gasteiger partial charge on any atom is 0.407 e. The smallest absolute Gasteiger partial charge is 0.407 e. The molecule has 6 heteroatoms. The molecule has 1 saturated carbocycles. The number of amides is 1. The minimum absolute atomic E-state index is 0.0484. The van der Waals surface area contributed by atoms with E-state index in [4.69, 9.17) is 4.74 Å².